The molecule has 0 radical (unpaired) electrons. The first-order valence-corrected chi connectivity index (χ1v) is 24.9. The van der Waals surface area contributed by atoms with Crippen LogP contribution in [0, 0.1) is 0 Å². The molecule has 0 saturated carbocycles. The molecule has 2 atom stereocenters. The molecule has 0 bridgehead atoms. The van der Waals surface area contributed by atoms with Crippen LogP contribution in [-0.4, -0.2) is 49.3 Å². The van der Waals surface area contributed by atoms with Gasteiger partial charge in [-0.3, -0.25) is 18.6 Å². The molecule has 0 rings (SSSR count). The van der Waals surface area contributed by atoms with Crippen molar-refractivity contribution in [2.75, 3.05) is 26.4 Å². The third-order valence-corrected chi connectivity index (χ3v) is 10.5. The molecule has 0 aliphatic rings. The lowest BCUT2D eigenvalue weighted by Crippen LogP contribution is -2.29. The molecule has 0 aromatic carbocycles. The number of unbranched alkanes of at least 4 members (excludes halogenated alkanes) is 18. The maximum atomic E-state index is 12.6. The van der Waals surface area contributed by atoms with Crippen LogP contribution in [0.25, 0.3) is 0 Å². The molecule has 0 heterocycles. The number of nitrogens with two attached hydrogens (primary N) is 1. The lowest BCUT2D eigenvalue weighted by atomic mass is 10.1. The van der Waals surface area contributed by atoms with Crippen LogP contribution in [0.5, 0.6) is 0 Å². The van der Waals surface area contributed by atoms with Gasteiger partial charge in [0.15, 0.2) is 6.10 Å². The predicted octanol–water partition coefficient (Wildman–Crippen LogP) is 13.8. The van der Waals surface area contributed by atoms with Gasteiger partial charge in [0.05, 0.1) is 13.2 Å². The number of phosphoric ester groups is 1. The van der Waals surface area contributed by atoms with E-state index in [2.05, 4.69) is 80.7 Å². The number of rotatable bonds is 43. The summed E-state index contributed by atoms with van der Waals surface area (Å²) in [6, 6.07) is 0. The lowest BCUT2D eigenvalue weighted by molar-refractivity contribution is -0.161. The zero-order valence-electron chi connectivity index (χ0n) is 37.5. The first-order chi connectivity index (χ1) is 28.8. The Morgan fingerprint density at radius 1 is 0.508 bits per heavy atom. The second-order valence-corrected chi connectivity index (χ2v) is 16.7. The zero-order chi connectivity index (χ0) is 43.2. The highest BCUT2D eigenvalue weighted by atomic mass is 31.2. The van der Waals surface area contributed by atoms with Crippen LogP contribution in [-0.2, 0) is 32.7 Å². The molecule has 9 nitrogen and oxygen atoms in total. The first kappa shape index (κ1) is 56.5. The Hall–Kier alpha value is -2.55. The Labute approximate surface area is 361 Å². The van der Waals surface area contributed by atoms with Crippen LogP contribution < -0.4 is 5.73 Å². The summed E-state index contributed by atoms with van der Waals surface area (Å²) in [4.78, 5) is 34.9. The highest BCUT2D eigenvalue weighted by Crippen LogP contribution is 2.43. The van der Waals surface area contributed by atoms with E-state index in [1.165, 1.54) is 96.3 Å². The maximum absolute atomic E-state index is 12.6. The molecule has 340 valence electrons. The van der Waals surface area contributed by atoms with E-state index < -0.39 is 32.5 Å². The van der Waals surface area contributed by atoms with Crippen molar-refractivity contribution in [2.45, 2.75) is 200 Å². The number of hydrogen-bond donors (Lipinski definition) is 2. The van der Waals surface area contributed by atoms with Gasteiger partial charge in [-0.2, -0.15) is 0 Å². The van der Waals surface area contributed by atoms with Gasteiger partial charge in [-0.15, -0.1) is 0 Å². The van der Waals surface area contributed by atoms with E-state index in [1.807, 2.05) is 6.08 Å². The van der Waals surface area contributed by atoms with E-state index in [4.69, 9.17) is 24.3 Å². The van der Waals surface area contributed by atoms with Crippen LogP contribution in [0.2, 0.25) is 0 Å². The van der Waals surface area contributed by atoms with Gasteiger partial charge in [0.1, 0.15) is 6.61 Å². The second-order valence-electron chi connectivity index (χ2n) is 15.3. The monoisotopic (exact) mass is 848 g/mol. The summed E-state index contributed by atoms with van der Waals surface area (Å²) < 4.78 is 32.8. The van der Waals surface area contributed by atoms with Crippen LogP contribution in [0.15, 0.2) is 72.9 Å². The van der Waals surface area contributed by atoms with Crippen molar-refractivity contribution in [1.29, 1.82) is 0 Å². The van der Waals surface area contributed by atoms with E-state index in [0.29, 0.717) is 19.3 Å². The highest BCUT2D eigenvalue weighted by molar-refractivity contribution is 7.47. The number of carbonyl (C=O) groups excluding carboxylic acids is 2. The smallest absolute Gasteiger partial charge is 0.462 e. The third-order valence-electron chi connectivity index (χ3n) is 9.56. The quantitative estimate of drug-likeness (QED) is 0.0266. The molecule has 3 N–H and O–H groups in total. The van der Waals surface area contributed by atoms with E-state index in [1.54, 1.807) is 0 Å². The molecular formula is C49H86NO8P. The first-order valence-electron chi connectivity index (χ1n) is 23.4. The summed E-state index contributed by atoms with van der Waals surface area (Å²) in [7, 11) is -4.40. The van der Waals surface area contributed by atoms with Crippen molar-refractivity contribution in [1.82, 2.24) is 0 Å². The van der Waals surface area contributed by atoms with Crippen LogP contribution in [0.3, 0.4) is 0 Å². The molecular weight excluding hydrogens is 762 g/mol. The number of phosphoric acid groups is 1. The number of carbonyl (C=O) groups is 2. The molecule has 0 aliphatic heterocycles. The maximum Gasteiger partial charge on any atom is 0.472 e. The van der Waals surface area contributed by atoms with Gasteiger partial charge in [-0.1, -0.05) is 170 Å². The van der Waals surface area contributed by atoms with Gasteiger partial charge in [0, 0.05) is 19.4 Å². The summed E-state index contributed by atoms with van der Waals surface area (Å²) in [5.74, 6) is -0.906. The standard InChI is InChI=1S/C49H86NO8P/c1-3-5-7-9-11-13-15-17-19-21-22-23-24-26-28-30-32-34-36-38-40-42-49(52)58-47(46-57-59(53,54)56-44-43-50)45-55-48(51)41-39-37-35-33-31-29-27-25-20-18-16-14-12-10-8-6-4-2/h12,14,18-21,23-24,28,30,34,36,47H,3-11,13,15-17,22,25-27,29,31-33,35,37-46,50H2,1-2H3,(H,53,54)/b14-12+,20-18+,21-19+,24-23+,30-28+,36-34+/t47-/m1/s1. The summed E-state index contributed by atoms with van der Waals surface area (Å²) in [6.07, 6.45) is 55.1. The predicted molar refractivity (Wildman–Crippen MR) is 247 cm³/mol. The number of esters is 2. The van der Waals surface area contributed by atoms with E-state index >= 15 is 0 Å². The van der Waals surface area contributed by atoms with Gasteiger partial charge < -0.3 is 20.1 Å². The second kappa shape index (κ2) is 45.0. The topological polar surface area (TPSA) is 134 Å². The van der Waals surface area contributed by atoms with Gasteiger partial charge in [-0.25, -0.2) is 4.57 Å². The van der Waals surface area contributed by atoms with Crippen molar-refractivity contribution >= 4 is 19.8 Å². The lowest BCUT2D eigenvalue weighted by Gasteiger charge is -2.19. The zero-order valence-corrected chi connectivity index (χ0v) is 38.4. The van der Waals surface area contributed by atoms with Crippen molar-refractivity contribution in [3.05, 3.63) is 72.9 Å². The van der Waals surface area contributed by atoms with E-state index in [0.717, 1.165) is 51.4 Å². The molecule has 0 spiro atoms. The molecule has 10 heteroatoms. The Kier molecular flexibility index (Phi) is 43.0. The minimum Gasteiger partial charge on any atom is -0.462 e. The van der Waals surface area contributed by atoms with Crippen LogP contribution in [0.1, 0.15) is 194 Å². The normalized spacial score (nSPS) is 13.9. The summed E-state index contributed by atoms with van der Waals surface area (Å²) in [6.45, 7) is 3.63. The van der Waals surface area contributed by atoms with Crippen molar-refractivity contribution < 1.29 is 37.6 Å². The molecule has 0 aromatic rings. The van der Waals surface area contributed by atoms with Crippen molar-refractivity contribution in [3.63, 3.8) is 0 Å². The van der Waals surface area contributed by atoms with Gasteiger partial charge in [0.25, 0.3) is 0 Å². The Bertz CT molecular complexity index is 1190. The molecule has 0 fully saturated rings. The fourth-order valence-electron chi connectivity index (χ4n) is 6.07. The SMILES string of the molecule is CCCCC/C=C/C/C=C/CCCCCCCCCC(=O)OC[C@H](COP(=O)(O)OCCN)OC(=O)CCC/C=C/C/C=C/C/C=C/C/C=C/CCCCCCCCC. The van der Waals surface area contributed by atoms with Gasteiger partial charge in [-0.05, 0) is 83.5 Å². The third kappa shape index (κ3) is 44.8. The van der Waals surface area contributed by atoms with Crippen LogP contribution >= 0.6 is 7.82 Å². The molecule has 59 heavy (non-hydrogen) atoms. The Balaban J connectivity index is 4.24. The fraction of sp³-hybridized carbons (Fsp3) is 0.714. The Morgan fingerprint density at radius 2 is 0.898 bits per heavy atom. The largest absolute Gasteiger partial charge is 0.472 e. The molecule has 0 amide bonds. The van der Waals surface area contributed by atoms with Crippen molar-refractivity contribution in [3.8, 4) is 0 Å². The average molecular weight is 848 g/mol. The molecule has 1 unspecified atom stereocenters. The molecule has 0 saturated heterocycles. The van der Waals surface area contributed by atoms with Crippen molar-refractivity contribution in [2.24, 2.45) is 5.73 Å². The molecule has 0 aromatic heterocycles. The minimum atomic E-state index is -4.40. The summed E-state index contributed by atoms with van der Waals surface area (Å²) in [5.41, 5.74) is 5.35. The summed E-state index contributed by atoms with van der Waals surface area (Å²) >= 11 is 0. The minimum absolute atomic E-state index is 0.0404. The number of allylic oxidation sites excluding steroid dienone is 12. The van der Waals surface area contributed by atoms with E-state index in [9.17, 15) is 19.0 Å². The highest BCUT2D eigenvalue weighted by Gasteiger charge is 2.25. The fourth-order valence-corrected chi connectivity index (χ4v) is 6.83. The Morgan fingerprint density at radius 3 is 1.39 bits per heavy atom. The van der Waals surface area contributed by atoms with Gasteiger partial charge in [0.2, 0.25) is 0 Å². The van der Waals surface area contributed by atoms with Crippen LogP contribution in [0.4, 0.5) is 0 Å². The number of hydrogen-bond acceptors (Lipinski definition) is 8. The summed E-state index contributed by atoms with van der Waals surface area (Å²) in [5, 5.41) is 0. The van der Waals surface area contributed by atoms with Gasteiger partial charge >= 0.3 is 19.8 Å². The van der Waals surface area contributed by atoms with E-state index in [-0.39, 0.29) is 32.6 Å². The average Bonchev–Trinajstić information content (AvgIpc) is 3.22. The number of ether oxygens (including phenoxy) is 2. The molecule has 0 aliphatic carbocycles.